The lowest BCUT2D eigenvalue weighted by Crippen LogP contribution is -2.46. The normalized spacial score (nSPS) is 23.4. The second-order valence-corrected chi connectivity index (χ2v) is 8.47. The number of hydrogen-bond donors (Lipinski definition) is 2. The van der Waals surface area contributed by atoms with Gasteiger partial charge in [0.25, 0.3) is 10.0 Å². The molecular formula is C13H22N2O3S2. The van der Waals surface area contributed by atoms with Crippen molar-refractivity contribution in [1.82, 2.24) is 10.0 Å². The number of sulfonamides is 1. The fourth-order valence-electron chi connectivity index (χ4n) is 2.16. The number of aryl methyl sites for hydroxylation is 1. The first-order valence-electron chi connectivity index (χ1n) is 6.78. The third-order valence-corrected chi connectivity index (χ3v) is 6.75. The predicted molar refractivity (Wildman–Crippen MR) is 80.6 cm³/mol. The van der Waals surface area contributed by atoms with E-state index < -0.39 is 15.6 Å². The van der Waals surface area contributed by atoms with E-state index in [1.165, 1.54) is 11.3 Å². The van der Waals surface area contributed by atoms with Crippen LogP contribution >= 0.6 is 11.3 Å². The average Bonchev–Trinajstić information content (AvgIpc) is 2.93. The maximum atomic E-state index is 12.5. The third-order valence-electron chi connectivity index (χ3n) is 3.40. The van der Waals surface area contributed by atoms with E-state index in [0.717, 1.165) is 17.0 Å². The van der Waals surface area contributed by atoms with Crippen LogP contribution in [0.1, 0.15) is 30.7 Å². The van der Waals surface area contributed by atoms with E-state index in [0.29, 0.717) is 30.4 Å². The minimum atomic E-state index is -3.47. The number of hydrogen-bond acceptors (Lipinski definition) is 5. The van der Waals surface area contributed by atoms with Crippen molar-refractivity contribution in [3.63, 3.8) is 0 Å². The summed E-state index contributed by atoms with van der Waals surface area (Å²) in [5.74, 6) is 0. The molecular weight excluding hydrogens is 296 g/mol. The van der Waals surface area contributed by atoms with Crippen molar-refractivity contribution in [3.05, 3.63) is 16.5 Å². The molecule has 0 bridgehead atoms. The molecule has 1 aromatic heterocycles. The molecule has 1 saturated heterocycles. The summed E-state index contributed by atoms with van der Waals surface area (Å²) in [4.78, 5) is 1.07. The van der Waals surface area contributed by atoms with Gasteiger partial charge in [0, 0.05) is 18.0 Å². The molecule has 114 valence electrons. The highest BCUT2D eigenvalue weighted by Crippen LogP contribution is 2.28. The van der Waals surface area contributed by atoms with Gasteiger partial charge in [-0.25, -0.2) is 13.1 Å². The van der Waals surface area contributed by atoms with Gasteiger partial charge in [-0.2, -0.15) is 0 Å². The summed E-state index contributed by atoms with van der Waals surface area (Å²) in [6.45, 7) is 8.48. The van der Waals surface area contributed by atoms with Gasteiger partial charge in [0.05, 0.1) is 12.1 Å². The van der Waals surface area contributed by atoms with Gasteiger partial charge in [0.1, 0.15) is 4.21 Å². The van der Waals surface area contributed by atoms with Crippen LogP contribution in [0.3, 0.4) is 0 Å². The third kappa shape index (κ3) is 3.59. The van der Waals surface area contributed by atoms with Gasteiger partial charge in [0.2, 0.25) is 0 Å². The molecule has 1 unspecified atom stereocenters. The molecule has 0 aliphatic carbocycles. The average molecular weight is 318 g/mol. The lowest BCUT2D eigenvalue weighted by molar-refractivity contribution is 0.178. The molecule has 7 heteroatoms. The Bertz CT molecular complexity index is 560. The smallest absolute Gasteiger partial charge is 0.250 e. The zero-order valence-electron chi connectivity index (χ0n) is 12.2. The zero-order valence-corrected chi connectivity index (χ0v) is 13.8. The van der Waals surface area contributed by atoms with Gasteiger partial charge in [-0.1, -0.05) is 6.92 Å². The summed E-state index contributed by atoms with van der Waals surface area (Å²) >= 11 is 1.33. The van der Waals surface area contributed by atoms with Crippen molar-refractivity contribution >= 4 is 21.4 Å². The number of rotatable bonds is 6. The minimum Gasteiger partial charge on any atom is -0.379 e. The van der Waals surface area contributed by atoms with Crippen LogP contribution in [0, 0.1) is 6.92 Å². The van der Waals surface area contributed by atoms with Gasteiger partial charge in [0.15, 0.2) is 0 Å². The Hall–Kier alpha value is -0.470. The van der Waals surface area contributed by atoms with Crippen LogP contribution in [0.15, 0.2) is 10.3 Å². The van der Waals surface area contributed by atoms with E-state index >= 15 is 0 Å². The Morgan fingerprint density at radius 3 is 2.85 bits per heavy atom. The van der Waals surface area contributed by atoms with Crippen LogP contribution in [-0.4, -0.2) is 33.7 Å². The molecule has 0 aromatic carbocycles. The van der Waals surface area contributed by atoms with Crippen molar-refractivity contribution < 1.29 is 13.2 Å². The lowest BCUT2D eigenvalue weighted by atomic mass is 10.0. The standard InChI is InChI=1S/C13H22N2O3S2/c1-4-14-8-11-10(2)7-12(19-11)20(16,17)15-13(3)5-6-18-9-13/h7,14-15H,4-6,8-9H2,1-3H3. The highest BCUT2D eigenvalue weighted by atomic mass is 32.2. The first-order valence-corrected chi connectivity index (χ1v) is 9.08. The maximum Gasteiger partial charge on any atom is 0.250 e. The number of ether oxygens (including phenoxy) is 1. The molecule has 2 rings (SSSR count). The molecule has 1 aliphatic heterocycles. The van der Waals surface area contributed by atoms with E-state index in [4.69, 9.17) is 4.74 Å². The van der Waals surface area contributed by atoms with Gasteiger partial charge in [-0.15, -0.1) is 11.3 Å². The van der Waals surface area contributed by atoms with E-state index in [1.54, 1.807) is 6.07 Å². The van der Waals surface area contributed by atoms with E-state index in [1.807, 2.05) is 20.8 Å². The van der Waals surface area contributed by atoms with E-state index in [-0.39, 0.29) is 0 Å². The van der Waals surface area contributed by atoms with Gasteiger partial charge in [-0.3, -0.25) is 0 Å². The van der Waals surface area contributed by atoms with Crippen molar-refractivity contribution in [3.8, 4) is 0 Å². The van der Waals surface area contributed by atoms with Gasteiger partial charge < -0.3 is 10.1 Å². The summed E-state index contributed by atoms with van der Waals surface area (Å²) in [6.07, 6.45) is 0.709. The molecule has 0 radical (unpaired) electrons. The van der Waals surface area contributed by atoms with Gasteiger partial charge >= 0.3 is 0 Å². The first kappa shape index (κ1) is 15.9. The van der Waals surface area contributed by atoms with Crippen LogP contribution in [0.4, 0.5) is 0 Å². The maximum absolute atomic E-state index is 12.5. The molecule has 0 spiro atoms. The van der Waals surface area contributed by atoms with Crippen LogP contribution in [0.5, 0.6) is 0 Å². The lowest BCUT2D eigenvalue weighted by Gasteiger charge is -2.22. The van der Waals surface area contributed by atoms with Crippen molar-refractivity contribution in [2.24, 2.45) is 0 Å². The molecule has 1 aromatic rings. The molecule has 0 saturated carbocycles. The molecule has 5 nitrogen and oxygen atoms in total. The summed E-state index contributed by atoms with van der Waals surface area (Å²) in [5.41, 5.74) is 0.530. The highest BCUT2D eigenvalue weighted by Gasteiger charge is 2.35. The Labute approximate surface area is 124 Å². The topological polar surface area (TPSA) is 67.4 Å². The minimum absolute atomic E-state index is 0.385. The number of nitrogens with one attached hydrogen (secondary N) is 2. The molecule has 1 atom stereocenters. The summed E-state index contributed by atoms with van der Waals surface area (Å²) in [6, 6.07) is 1.75. The van der Waals surface area contributed by atoms with Crippen molar-refractivity contribution in [2.45, 2.75) is 43.5 Å². The SMILES string of the molecule is CCNCc1sc(S(=O)(=O)NC2(C)CCOC2)cc1C. The van der Waals surface area contributed by atoms with Crippen LogP contribution in [-0.2, 0) is 21.3 Å². The van der Waals surface area contributed by atoms with Crippen LogP contribution in [0.2, 0.25) is 0 Å². The first-order chi connectivity index (χ1) is 9.36. The molecule has 1 fully saturated rings. The molecule has 0 amide bonds. The summed E-state index contributed by atoms with van der Waals surface area (Å²) in [5, 5.41) is 3.23. The second-order valence-electron chi connectivity index (χ2n) is 5.42. The Morgan fingerprint density at radius 1 is 1.50 bits per heavy atom. The molecule has 20 heavy (non-hydrogen) atoms. The van der Waals surface area contributed by atoms with Crippen molar-refractivity contribution in [1.29, 1.82) is 0 Å². The monoisotopic (exact) mass is 318 g/mol. The van der Waals surface area contributed by atoms with Crippen LogP contribution in [0.25, 0.3) is 0 Å². The van der Waals surface area contributed by atoms with Crippen molar-refractivity contribution in [2.75, 3.05) is 19.8 Å². The largest absolute Gasteiger partial charge is 0.379 e. The number of thiophene rings is 1. The second kappa shape index (κ2) is 6.11. The van der Waals surface area contributed by atoms with Gasteiger partial charge in [-0.05, 0) is 38.4 Å². The zero-order chi connectivity index (χ0) is 14.8. The van der Waals surface area contributed by atoms with Crippen LogP contribution < -0.4 is 10.0 Å². The Kier molecular flexibility index (Phi) is 4.86. The molecule has 1 aliphatic rings. The Morgan fingerprint density at radius 2 is 2.25 bits per heavy atom. The quantitative estimate of drug-likeness (QED) is 0.836. The predicted octanol–water partition coefficient (Wildman–Crippen LogP) is 1.62. The highest BCUT2D eigenvalue weighted by molar-refractivity contribution is 7.91. The van der Waals surface area contributed by atoms with E-state index in [9.17, 15) is 8.42 Å². The fraction of sp³-hybridized carbons (Fsp3) is 0.692. The Balaban J connectivity index is 2.17. The van der Waals surface area contributed by atoms with E-state index in [2.05, 4.69) is 10.0 Å². The molecule has 2 N–H and O–H groups in total. The fourth-order valence-corrected chi connectivity index (χ4v) is 5.14. The molecule has 2 heterocycles. The summed E-state index contributed by atoms with van der Waals surface area (Å²) < 4.78 is 33.4. The summed E-state index contributed by atoms with van der Waals surface area (Å²) in [7, 11) is -3.47.